The monoisotopic (exact) mass is 483 g/mol. The Labute approximate surface area is 194 Å². The fraction of sp³-hybridized carbons (Fsp3) is 0.148. The molecule has 0 atom stereocenters. The molecule has 3 heterocycles. The fourth-order valence-corrected chi connectivity index (χ4v) is 5.89. The molecule has 158 valence electrons. The van der Waals surface area contributed by atoms with E-state index in [1.54, 1.807) is 0 Å². The first kappa shape index (κ1) is 19.4. The molecule has 0 bridgehead atoms. The predicted molar refractivity (Wildman–Crippen MR) is 133 cm³/mol. The standard InChI is InChI=1S/C27H22BrN3O/c1-29-15-21(18-8-4-6-10-23(18)29)27(22-16-30(2)24-11-7-5-9-19(22)24)20-14-17(28)12-13-25(20)31(3)26(27)32/h4-16H,1-3H3. The van der Waals surface area contributed by atoms with Gasteiger partial charge < -0.3 is 14.0 Å². The molecule has 3 aromatic carbocycles. The number of para-hydroxylation sites is 2. The summed E-state index contributed by atoms with van der Waals surface area (Å²) in [5.41, 5.74) is 5.25. The van der Waals surface area contributed by atoms with Gasteiger partial charge in [0.2, 0.25) is 5.91 Å². The summed E-state index contributed by atoms with van der Waals surface area (Å²) < 4.78 is 5.21. The number of aryl methyl sites for hydroxylation is 2. The molecular weight excluding hydrogens is 462 g/mol. The molecule has 5 aromatic rings. The van der Waals surface area contributed by atoms with Crippen LogP contribution < -0.4 is 4.90 Å². The smallest absolute Gasteiger partial charge is 0.246 e. The van der Waals surface area contributed by atoms with Crippen molar-refractivity contribution < 1.29 is 4.79 Å². The van der Waals surface area contributed by atoms with Gasteiger partial charge >= 0.3 is 0 Å². The number of carbonyl (C=O) groups is 1. The van der Waals surface area contributed by atoms with E-state index in [0.717, 1.165) is 48.7 Å². The van der Waals surface area contributed by atoms with Crippen LogP contribution >= 0.6 is 15.9 Å². The summed E-state index contributed by atoms with van der Waals surface area (Å²) in [6.45, 7) is 0. The molecule has 0 saturated carbocycles. The Kier molecular flexibility index (Phi) is 3.99. The molecule has 1 amide bonds. The molecule has 1 aliphatic heterocycles. The van der Waals surface area contributed by atoms with E-state index in [4.69, 9.17) is 0 Å². The van der Waals surface area contributed by atoms with Gasteiger partial charge in [-0.1, -0.05) is 52.3 Å². The van der Waals surface area contributed by atoms with Crippen molar-refractivity contribution in [2.75, 3.05) is 11.9 Å². The molecule has 0 radical (unpaired) electrons. The van der Waals surface area contributed by atoms with Crippen LogP contribution in [-0.2, 0) is 24.3 Å². The van der Waals surface area contributed by atoms with Crippen molar-refractivity contribution in [1.29, 1.82) is 0 Å². The number of hydrogen-bond acceptors (Lipinski definition) is 1. The largest absolute Gasteiger partial charge is 0.350 e. The quantitative estimate of drug-likeness (QED) is 0.314. The average molecular weight is 484 g/mol. The Morgan fingerprint density at radius 1 is 0.719 bits per heavy atom. The van der Waals surface area contributed by atoms with Crippen molar-refractivity contribution >= 4 is 49.3 Å². The van der Waals surface area contributed by atoms with Gasteiger partial charge in [-0.15, -0.1) is 0 Å². The zero-order valence-corrected chi connectivity index (χ0v) is 19.7. The van der Waals surface area contributed by atoms with Crippen molar-refractivity contribution in [3.8, 4) is 0 Å². The van der Waals surface area contributed by atoms with Crippen LogP contribution in [0.1, 0.15) is 16.7 Å². The van der Waals surface area contributed by atoms with E-state index >= 15 is 0 Å². The zero-order valence-electron chi connectivity index (χ0n) is 18.1. The first-order valence-electron chi connectivity index (χ1n) is 10.6. The molecule has 0 spiro atoms. The molecule has 0 unspecified atom stereocenters. The SMILES string of the molecule is CN1C(=O)C(c2cn(C)c3ccccc23)(c2cn(C)c3ccccc23)c2cc(Br)ccc21. The lowest BCUT2D eigenvalue weighted by Gasteiger charge is -2.29. The van der Waals surface area contributed by atoms with Crippen molar-refractivity contribution in [2.45, 2.75) is 5.41 Å². The molecule has 6 rings (SSSR count). The highest BCUT2D eigenvalue weighted by atomic mass is 79.9. The lowest BCUT2D eigenvalue weighted by molar-refractivity contribution is -0.120. The summed E-state index contributed by atoms with van der Waals surface area (Å²) in [6.07, 6.45) is 4.27. The van der Waals surface area contributed by atoms with Gasteiger partial charge in [-0.25, -0.2) is 0 Å². The van der Waals surface area contributed by atoms with Crippen molar-refractivity contribution in [2.24, 2.45) is 14.1 Å². The molecule has 2 aromatic heterocycles. The molecule has 0 N–H and O–H groups in total. The van der Waals surface area contributed by atoms with E-state index in [0.29, 0.717) is 0 Å². The Bertz CT molecular complexity index is 1480. The predicted octanol–water partition coefficient (Wildman–Crippen LogP) is 5.74. The number of fused-ring (bicyclic) bond motifs is 3. The minimum absolute atomic E-state index is 0.0679. The summed E-state index contributed by atoms with van der Waals surface area (Å²) in [4.78, 5) is 16.2. The van der Waals surface area contributed by atoms with Gasteiger partial charge in [0.1, 0.15) is 5.41 Å². The molecule has 5 heteroatoms. The number of likely N-dealkylation sites (N-methyl/N-ethyl adjacent to an activating group) is 1. The first-order chi connectivity index (χ1) is 15.4. The normalized spacial score (nSPS) is 15.1. The molecule has 32 heavy (non-hydrogen) atoms. The van der Waals surface area contributed by atoms with Crippen LogP contribution in [0.5, 0.6) is 0 Å². The van der Waals surface area contributed by atoms with E-state index < -0.39 is 5.41 Å². The maximum absolute atomic E-state index is 14.4. The highest BCUT2D eigenvalue weighted by Crippen LogP contribution is 2.54. The number of rotatable bonds is 2. The maximum Gasteiger partial charge on any atom is 0.246 e. The number of nitrogens with zero attached hydrogens (tertiary/aromatic N) is 3. The van der Waals surface area contributed by atoms with E-state index in [2.05, 4.69) is 67.8 Å². The number of amides is 1. The Balaban J connectivity index is 1.85. The summed E-state index contributed by atoms with van der Waals surface area (Å²) >= 11 is 3.67. The number of anilines is 1. The molecule has 0 aliphatic carbocycles. The minimum Gasteiger partial charge on any atom is -0.350 e. The van der Waals surface area contributed by atoms with Gasteiger partial charge in [-0.05, 0) is 30.3 Å². The molecule has 0 saturated heterocycles. The maximum atomic E-state index is 14.4. The van der Waals surface area contributed by atoms with E-state index in [1.165, 1.54) is 0 Å². The number of benzene rings is 3. The number of carbonyl (C=O) groups excluding carboxylic acids is 1. The molecular formula is C27H22BrN3O. The van der Waals surface area contributed by atoms with Crippen LogP contribution in [0, 0.1) is 0 Å². The van der Waals surface area contributed by atoms with Gasteiger partial charge in [0.05, 0.1) is 0 Å². The van der Waals surface area contributed by atoms with Gasteiger partial charge in [0.15, 0.2) is 0 Å². The van der Waals surface area contributed by atoms with Gasteiger partial charge in [0.25, 0.3) is 0 Å². The molecule has 4 nitrogen and oxygen atoms in total. The lowest BCUT2D eigenvalue weighted by Crippen LogP contribution is -2.40. The average Bonchev–Trinajstić information content (AvgIpc) is 3.39. The van der Waals surface area contributed by atoms with Gasteiger partial charge in [-0.3, -0.25) is 4.79 Å². The topological polar surface area (TPSA) is 30.2 Å². The van der Waals surface area contributed by atoms with Crippen LogP contribution in [0.3, 0.4) is 0 Å². The van der Waals surface area contributed by atoms with Crippen LogP contribution in [0.15, 0.2) is 83.6 Å². The third kappa shape index (κ3) is 2.29. The van der Waals surface area contributed by atoms with E-state index in [1.807, 2.05) is 62.4 Å². The summed E-state index contributed by atoms with van der Waals surface area (Å²) in [5.74, 6) is 0.0679. The third-order valence-electron chi connectivity index (χ3n) is 6.95. The fourth-order valence-electron chi connectivity index (χ4n) is 5.52. The summed E-state index contributed by atoms with van der Waals surface area (Å²) in [6, 6.07) is 22.8. The minimum atomic E-state index is -0.949. The lowest BCUT2D eigenvalue weighted by atomic mass is 9.70. The first-order valence-corrected chi connectivity index (χ1v) is 11.4. The van der Waals surface area contributed by atoms with E-state index in [9.17, 15) is 4.79 Å². The number of hydrogen-bond donors (Lipinski definition) is 0. The van der Waals surface area contributed by atoms with Gasteiger partial charge in [-0.2, -0.15) is 0 Å². The van der Waals surface area contributed by atoms with Crippen LogP contribution in [-0.4, -0.2) is 22.1 Å². The zero-order chi connectivity index (χ0) is 22.2. The van der Waals surface area contributed by atoms with E-state index in [-0.39, 0.29) is 5.91 Å². The summed E-state index contributed by atoms with van der Waals surface area (Å²) in [5, 5.41) is 2.19. The second kappa shape index (κ2) is 6.59. The third-order valence-corrected chi connectivity index (χ3v) is 7.44. The van der Waals surface area contributed by atoms with Crippen molar-refractivity contribution in [3.05, 3.63) is 100 Å². The Morgan fingerprint density at radius 2 is 1.25 bits per heavy atom. The number of halogens is 1. The Morgan fingerprint density at radius 3 is 1.81 bits per heavy atom. The van der Waals surface area contributed by atoms with Crippen LogP contribution in [0.25, 0.3) is 21.8 Å². The van der Waals surface area contributed by atoms with Crippen LogP contribution in [0.2, 0.25) is 0 Å². The van der Waals surface area contributed by atoms with Crippen molar-refractivity contribution in [3.63, 3.8) is 0 Å². The number of aromatic nitrogens is 2. The highest BCUT2D eigenvalue weighted by molar-refractivity contribution is 9.10. The second-order valence-corrected chi connectivity index (χ2v) is 9.53. The summed E-state index contributed by atoms with van der Waals surface area (Å²) in [7, 11) is 5.98. The second-order valence-electron chi connectivity index (χ2n) is 8.62. The van der Waals surface area contributed by atoms with Crippen molar-refractivity contribution in [1.82, 2.24) is 9.13 Å². The highest BCUT2D eigenvalue weighted by Gasteiger charge is 2.54. The van der Waals surface area contributed by atoms with Crippen LogP contribution in [0.4, 0.5) is 5.69 Å². The Hall–Kier alpha value is -3.31. The molecule has 1 aliphatic rings. The van der Waals surface area contributed by atoms with Gasteiger partial charge in [0, 0.05) is 82.2 Å². The molecule has 0 fully saturated rings.